The molecule has 206 valence electrons. The van der Waals surface area contributed by atoms with Gasteiger partial charge >= 0.3 is 0 Å². The number of hydrogen-bond donors (Lipinski definition) is 2. The van der Waals surface area contributed by atoms with Gasteiger partial charge in [0.05, 0.1) is 26.4 Å². The summed E-state index contributed by atoms with van der Waals surface area (Å²) < 4.78 is 33.3. The molecule has 0 amide bonds. The van der Waals surface area contributed by atoms with E-state index in [2.05, 4.69) is 12.9 Å². The van der Waals surface area contributed by atoms with Crippen LogP contribution >= 0.6 is 12.9 Å². The van der Waals surface area contributed by atoms with Crippen molar-refractivity contribution in [3.05, 3.63) is 70.8 Å². The molecule has 0 radical (unpaired) electrons. The van der Waals surface area contributed by atoms with Crippen molar-refractivity contribution in [3.8, 4) is 34.5 Å². The van der Waals surface area contributed by atoms with Gasteiger partial charge in [-0.2, -0.15) is 0 Å². The highest BCUT2D eigenvalue weighted by atomic mass is 32.1. The van der Waals surface area contributed by atoms with E-state index in [9.17, 15) is 0 Å². The van der Waals surface area contributed by atoms with Crippen molar-refractivity contribution in [1.82, 2.24) is 0 Å². The van der Waals surface area contributed by atoms with Crippen LogP contribution in [0.15, 0.2) is 48.5 Å². The van der Waals surface area contributed by atoms with E-state index in [1.165, 1.54) is 0 Å². The van der Waals surface area contributed by atoms with Gasteiger partial charge in [0.25, 0.3) is 0 Å². The third-order valence-electron chi connectivity index (χ3n) is 5.39. The summed E-state index contributed by atoms with van der Waals surface area (Å²) in [6.07, 6.45) is 8.67. The van der Waals surface area contributed by atoms with Crippen LogP contribution in [0.2, 0.25) is 0 Å². The third kappa shape index (κ3) is 8.22. The van der Waals surface area contributed by atoms with E-state index in [1.54, 1.807) is 26.4 Å². The lowest BCUT2D eigenvalue weighted by atomic mass is 10.1. The molecule has 0 atom stereocenters. The molecule has 0 fully saturated rings. The molecule has 3 aromatic carbocycles. The number of thiol groups is 1. The molecule has 0 spiro atoms. The van der Waals surface area contributed by atoms with Crippen molar-refractivity contribution in [2.24, 2.45) is 0 Å². The molecule has 8 heteroatoms. The Morgan fingerprint density at radius 3 is 1.38 bits per heavy atom. The van der Waals surface area contributed by atoms with Crippen LogP contribution in [0.4, 0.5) is 0 Å². The molecule has 3 aromatic rings. The van der Waals surface area contributed by atoms with Gasteiger partial charge in [-0.25, -0.2) is 0 Å². The molecule has 0 aromatic heterocycles. The Balaban J connectivity index is 1.79. The summed E-state index contributed by atoms with van der Waals surface area (Å²) in [6.45, 7) is 7.72. The Kier molecular flexibility index (Phi) is 10.8. The van der Waals surface area contributed by atoms with Crippen molar-refractivity contribution in [1.29, 1.82) is 5.41 Å². The van der Waals surface area contributed by atoms with Crippen LogP contribution in [0.25, 0.3) is 24.3 Å². The van der Waals surface area contributed by atoms with Crippen LogP contribution in [0, 0.1) is 5.41 Å². The van der Waals surface area contributed by atoms with Gasteiger partial charge in [-0.1, -0.05) is 48.6 Å². The molecule has 0 bridgehead atoms. The molecule has 0 aliphatic heterocycles. The highest BCUT2D eigenvalue weighted by molar-refractivity contribution is 7.75. The molecular formula is C31H35NO6S. The van der Waals surface area contributed by atoms with Crippen molar-refractivity contribution in [2.45, 2.75) is 39.9 Å². The number of methoxy groups -OCH3 is 2. The minimum absolute atomic E-state index is 0.00416. The third-order valence-corrected chi connectivity index (χ3v) is 5.59. The predicted octanol–water partition coefficient (Wildman–Crippen LogP) is 7.83. The van der Waals surface area contributed by atoms with E-state index < -0.39 is 0 Å². The largest absolute Gasteiger partial charge is 0.493 e. The number of benzene rings is 3. The highest BCUT2D eigenvalue weighted by Gasteiger charge is 2.16. The van der Waals surface area contributed by atoms with Crippen molar-refractivity contribution >= 4 is 43.6 Å². The maximum absolute atomic E-state index is 7.33. The zero-order valence-corrected chi connectivity index (χ0v) is 24.0. The molecule has 0 unspecified atom stereocenters. The summed E-state index contributed by atoms with van der Waals surface area (Å²) >= 11 is 3.96. The Morgan fingerprint density at radius 1 is 0.615 bits per heavy atom. The Bertz CT molecular complexity index is 1290. The number of nitrogens with one attached hydrogen (secondary N) is 1. The zero-order valence-electron chi connectivity index (χ0n) is 23.1. The maximum atomic E-state index is 7.33. The summed E-state index contributed by atoms with van der Waals surface area (Å²) in [4.78, 5) is 0. The minimum atomic E-state index is -0.100. The summed E-state index contributed by atoms with van der Waals surface area (Å²) in [7, 11) is 3.23. The fourth-order valence-corrected chi connectivity index (χ4v) is 3.85. The topological polar surface area (TPSA) is 79.2 Å². The van der Waals surface area contributed by atoms with E-state index in [0.717, 1.165) is 28.7 Å². The van der Waals surface area contributed by atoms with E-state index in [0.29, 0.717) is 34.5 Å². The highest BCUT2D eigenvalue weighted by Crippen LogP contribution is 2.41. The van der Waals surface area contributed by atoms with Gasteiger partial charge in [0.2, 0.25) is 11.5 Å². The number of ether oxygens (including phenoxy) is 5. The van der Waals surface area contributed by atoms with Gasteiger partial charge < -0.3 is 27.9 Å². The van der Waals surface area contributed by atoms with E-state index in [4.69, 9.17) is 33.3 Å². The first-order valence-electron chi connectivity index (χ1n) is 12.5. The van der Waals surface area contributed by atoms with Gasteiger partial charge in [-0.15, -0.1) is 0 Å². The smallest absolute Gasteiger partial charge is 0.206 e. The average molecular weight is 550 g/mol. The first kappa shape index (κ1) is 29.5. The number of hydrogen-bond acceptors (Lipinski definition) is 8. The fraction of sp³-hybridized carbons (Fsp3) is 0.258. The van der Waals surface area contributed by atoms with Crippen LogP contribution < -0.4 is 27.9 Å². The average Bonchev–Trinajstić information content (AvgIpc) is 2.92. The lowest BCUT2D eigenvalue weighted by Crippen LogP contribution is -2.08. The second kappa shape index (κ2) is 14.2. The lowest BCUT2D eigenvalue weighted by Gasteiger charge is -2.17. The molecule has 0 aliphatic rings. The van der Waals surface area contributed by atoms with Crippen LogP contribution in [0.1, 0.15) is 49.9 Å². The van der Waals surface area contributed by atoms with E-state index in [-0.39, 0.29) is 12.2 Å². The lowest BCUT2D eigenvalue weighted by molar-refractivity contribution is 0.218. The molecule has 3 rings (SSSR count). The first-order chi connectivity index (χ1) is 18.8. The maximum Gasteiger partial charge on any atom is 0.206 e. The summed E-state index contributed by atoms with van der Waals surface area (Å²) in [5, 5.41) is 7.33. The minimum Gasteiger partial charge on any atom is -0.493 e. The molecule has 0 aliphatic carbocycles. The quantitative estimate of drug-likeness (QED) is 0.0744. The second-order valence-electron chi connectivity index (χ2n) is 9.09. The predicted molar refractivity (Wildman–Crippen MR) is 161 cm³/mol. The molecule has 0 saturated heterocycles. The van der Waals surface area contributed by atoms with Gasteiger partial charge in [0.1, 0.15) is 0 Å². The van der Waals surface area contributed by atoms with Gasteiger partial charge in [-0.05, 0) is 74.2 Å². The van der Waals surface area contributed by atoms with Crippen molar-refractivity contribution in [2.75, 3.05) is 14.2 Å². The molecule has 0 heterocycles. The number of rotatable bonds is 13. The van der Waals surface area contributed by atoms with E-state index >= 15 is 0 Å². The standard InChI is InChI=1S/C31H35NO6S/c1-20(2)36-30-26(33-5)15-24(16-27(30)34-6)13-11-22-7-9-23(10-8-22)12-14-25-17-28(35-19-32)31(37-21(3)4)29(18-25)38-39/h7-21,32,39H,1-6H3/b13-11+,14-12+,32-19?. The zero-order chi connectivity index (χ0) is 28.4. The van der Waals surface area contributed by atoms with Gasteiger partial charge in [0, 0.05) is 12.9 Å². The molecular weight excluding hydrogens is 514 g/mol. The SMILES string of the molecule is COc1cc(/C=C/c2ccc(/C=C/c3cc(OS)c(OC(C)C)c(OC=N)c3)cc2)cc(OC)c1OC(C)C. The van der Waals surface area contributed by atoms with E-state index in [1.807, 2.05) is 88.4 Å². The van der Waals surface area contributed by atoms with Crippen molar-refractivity contribution < 1.29 is 27.9 Å². The molecule has 7 nitrogen and oxygen atoms in total. The Morgan fingerprint density at radius 2 is 1.00 bits per heavy atom. The Labute approximate surface area is 236 Å². The summed E-state index contributed by atoms with van der Waals surface area (Å²) in [5.41, 5.74) is 3.79. The van der Waals surface area contributed by atoms with Crippen LogP contribution in [0.5, 0.6) is 34.5 Å². The van der Waals surface area contributed by atoms with Gasteiger partial charge in [-0.3, -0.25) is 5.41 Å². The molecule has 39 heavy (non-hydrogen) atoms. The molecule has 0 saturated carbocycles. The monoisotopic (exact) mass is 549 g/mol. The Hall–Kier alpha value is -4.04. The fourth-order valence-electron chi connectivity index (χ4n) is 3.72. The first-order valence-corrected chi connectivity index (χ1v) is 12.8. The molecule has 1 N–H and O–H groups in total. The van der Waals surface area contributed by atoms with Crippen molar-refractivity contribution in [3.63, 3.8) is 0 Å². The van der Waals surface area contributed by atoms with Crippen LogP contribution in [-0.2, 0) is 0 Å². The van der Waals surface area contributed by atoms with Gasteiger partial charge in [0.15, 0.2) is 29.4 Å². The second-order valence-corrected chi connectivity index (χ2v) is 9.28. The van der Waals surface area contributed by atoms with Crippen LogP contribution in [-0.4, -0.2) is 32.8 Å². The normalized spacial score (nSPS) is 11.3. The summed E-state index contributed by atoms with van der Waals surface area (Å²) in [5.74, 6) is 3.01. The summed E-state index contributed by atoms with van der Waals surface area (Å²) in [6, 6.07) is 15.5. The van der Waals surface area contributed by atoms with Crippen LogP contribution in [0.3, 0.4) is 0 Å².